The van der Waals surface area contributed by atoms with E-state index in [1.54, 1.807) is 12.2 Å². The lowest BCUT2D eigenvalue weighted by atomic mass is 9.77. The summed E-state index contributed by atoms with van der Waals surface area (Å²) >= 11 is 5.79. The molecule has 0 aromatic heterocycles. The van der Waals surface area contributed by atoms with E-state index in [0.717, 1.165) is 17.0 Å². The van der Waals surface area contributed by atoms with Crippen molar-refractivity contribution in [2.75, 3.05) is 11.4 Å². The largest absolute Gasteiger partial charge is 0.360 e. The van der Waals surface area contributed by atoms with E-state index in [9.17, 15) is 28.9 Å². The number of ether oxygens (including phenoxy) is 1. The molecule has 0 spiro atoms. The average molecular weight is 472 g/mol. The quantitative estimate of drug-likeness (QED) is 0.310. The summed E-state index contributed by atoms with van der Waals surface area (Å²) in [6, 6.07) is 9.11. The molecule has 11 heteroatoms. The lowest BCUT2D eigenvalue weighted by Gasteiger charge is -2.29. The normalized spacial score (nSPS) is 27.2. The van der Waals surface area contributed by atoms with Gasteiger partial charge in [-0.25, -0.2) is 9.29 Å². The van der Waals surface area contributed by atoms with Gasteiger partial charge in [0.25, 0.3) is 11.6 Å². The van der Waals surface area contributed by atoms with Crippen LogP contribution in [0.25, 0.3) is 0 Å². The van der Waals surface area contributed by atoms with Crippen LogP contribution in [0.1, 0.15) is 10.4 Å². The Morgan fingerprint density at radius 1 is 1.24 bits per heavy atom. The summed E-state index contributed by atoms with van der Waals surface area (Å²) in [6.07, 6.45) is 2.59. The fraction of sp³-hybridized carbons (Fsp3) is 0.227. The fourth-order valence-corrected chi connectivity index (χ4v) is 4.88. The van der Waals surface area contributed by atoms with Crippen molar-refractivity contribution in [3.63, 3.8) is 0 Å². The van der Waals surface area contributed by atoms with E-state index in [4.69, 9.17) is 16.3 Å². The Balaban J connectivity index is 1.39. The standard InChI is InChI=1S/C22H15ClFN3O6/c23-12-6-5-11(9-15(12)27(31)32)19(28)25-10-22-8-7-16(33-22)17-18(22)21(30)26(20(17)29)14-4-2-1-3-13(14)24/h1-9,16-18H,10H2,(H,25,28)/t16-,17-,18+,22-/m1/s1. The number of nitrogens with zero attached hydrogens (tertiary/aromatic N) is 2. The monoisotopic (exact) mass is 471 g/mol. The van der Waals surface area contributed by atoms with Crippen LogP contribution in [0.4, 0.5) is 15.8 Å². The molecule has 3 heterocycles. The molecule has 9 nitrogen and oxygen atoms in total. The molecule has 4 atom stereocenters. The first-order chi connectivity index (χ1) is 15.7. The van der Waals surface area contributed by atoms with Gasteiger partial charge >= 0.3 is 0 Å². The first-order valence-corrected chi connectivity index (χ1v) is 10.3. The number of nitro groups is 1. The molecular weight excluding hydrogens is 457 g/mol. The van der Waals surface area contributed by atoms with Gasteiger partial charge in [0.15, 0.2) is 0 Å². The van der Waals surface area contributed by atoms with Crippen LogP contribution < -0.4 is 10.2 Å². The number of nitrogens with one attached hydrogen (secondary N) is 1. The van der Waals surface area contributed by atoms with Crippen LogP contribution in [0.3, 0.4) is 0 Å². The van der Waals surface area contributed by atoms with E-state index < -0.39 is 57.7 Å². The number of halogens is 2. The van der Waals surface area contributed by atoms with Gasteiger partial charge < -0.3 is 10.1 Å². The summed E-state index contributed by atoms with van der Waals surface area (Å²) in [5, 5.41) is 13.6. The maximum atomic E-state index is 14.3. The molecule has 0 unspecified atom stereocenters. The summed E-state index contributed by atoms with van der Waals surface area (Å²) in [5.41, 5.74) is -1.85. The number of carbonyl (C=O) groups excluding carboxylic acids is 3. The molecule has 2 aromatic rings. The number of hydrogen-bond acceptors (Lipinski definition) is 6. The third-order valence-electron chi connectivity index (χ3n) is 6.18. The van der Waals surface area contributed by atoms with Crippen LogP contribution in [0.5, 0.6) is 0 Å². The number of amides is 3. The maximum Gasteiger partial charge on any atom is 0.288 e. The van der Waals surface area contributed by atoms with Crippen LogP contribution in [0.2, 0.25) is 5.02 Å². The smallest absolute Gasteiger partial charge is 0.288 e. The molecule has 5 rings (SSSR count). The second-order valence-corrected chi connectivity index (χ2v) is 8.38. The molecule has 3 amide bonds. The van der Waals surface area contributed by atoms with E-state index in [1.165, 1.54) is 30.3 Å². The molecule has 0 radical (unpaired) electrons. The van der Waals surface area contributed by atoms with Gasteiger partial charge in [0.2, 0.25) is 11.8 Å². The number of hydrogen-bond donors (Lipinski definition) is 1. The number of rotatable bonds is 5. The highest BCUT2D eigenvalue weighted by atomic mass is 35.5. The Kier molecular flexibility index (Phi) is 4.80. The lowest BCUT2D eigenvalue weighted by Crippen LogP contribution is -2.49. The Morgan fingerprint density at radius 3 is 2.73 bits per heavy atom. The molecule has 33 heavy (non-hydrogen) atoms. The topological polar surface area (TPSA) is 119 Å². The maximum absolute atomic E-state index is 14.3. The zero-order valence-electron chi connectivity index (χ0n) is 16.7. The first-order valence-electron chi connectivity index (χ1n) is 9.95. The molecule has 2 saturated heterocycles. The Labute approximate surface area is 190 Å². The van der Waals surface area contributed by atoms with Crippen molar-refractivity contribution in [1.29, 1.82) is 0 Å². The van der Waals surface area contributed by atoms with Crippen molar-refractivity contribution in [2.24, 2.45) is 11.8 Å². The van der Waals surface area contributed by atoms with Crippen molar-refractivity contribution in [1.82, 2.24) is 5.32 Å². The van der Waals surface area contributed by atoms with E-state index in [2.05, 4.69) is 5.32 Å². The Morgan fingerprint density at radius 2 is 2.00 bits per heavy atom. The molecule has 0 aliphatic carbocycles. The Bertz CT molecular complexity index is 1270. The number of benzene rings is 2. The predicted molar refractivity (Wildman–Crippen MR) is 113 cm³/mol. The van der Waals surface area contributed by atoms with Crippen molar-refractivity contribution in [3.05, 3.63) is 81.1 Å². The minimum Gasteiger partial charge on any atom is -0.360 e. The average Bonchev–Trinajstić information content (AvgIpc) is 3.43. The summed E-state index contributed by atoms with van der Waals surface area (Å²) in [5.74, 6) is -4.30. The second kappa shape index (κ2) is 7.46. The summed E-state index contributed by atoms with van der Waals surface area (Å²) in [4.78, 5) is 50.2. The third kappa shape index (κ3) is 3.13. The lowest BCUT2D eigenvalue weighted by molar-refractivity contribution is -0.384. The van der Waals surface area contributed by atoms with Gasteiger partial charge in [0.05, 0.1) is 35.1 Å². The zero-order valence-corrected chi connectivity index (χ0v) is 17.5. The fourth-order valence-electron chi connectivity index (χ4n) is 4.69. The van der Waals surface area contributed by atoms with Crippen molar-refractivity contribution >= 4 is 40.7 Å². The minimum atomic E-state index is -1.30. The van der Waals surface area contributed by atoms with Gasteiger partial charge in [-0.2, -0.15) is 0 Å². The van der Waals surface area contributed by atoms with Crippen LogP contribution in [-0.2, 0) is 14.3 Å². The highest BCUT2D eigenvalue weighted by Crippen LogP contribution is 2.52. The first kappa shape index (κ1) is 21.2. The van der Waals surface area contributed by atoms with E-state index in [-0.39, 0.29) is 22.8 Å². The number of fused-ring (bicyclic) bond motifs is 5. The van der Waals surface area contributed by atoms with Gasteiger partial charge in [-0.15, -0.1) is 0 Å². The van der Waals surface area contributed by atoms with E-state index in [0.29, 0.717) is 0 Å². The minimum absolute atomic E-state index is 0.00242. The van der Waals surface area contributed by atoms with Gasteiger partial charge in [0, 0.05) is 11.6 Å². The highest BCUT2D eigenvalue weighted by Gasteiger charge is 2.68. The van der Waals surface area contributed by atoms with Gasteiger partial charge in [-0.05, 0) is 24.3 Å². The number of anilines is 1. The van der Waals surface area contributed by atoms with Crippen LogP contribution >= 0.6 is 11.6 Å². The molecule has 3 aliphatic heterocycles. The SMILES string of the molecule is O=C(NC[C@@]12C=C[C@@H](O1)[C@H]1C(=O)N(c3ccccc3F)C(=O)[C@H]12)c1ccc(Cl)c([N+](=O)[O-])c1. The molecule has 2 aromatic carbocycles. The predicted octanol–water partition coefficient (Wildman–Crippen LogP) is 2.63. The molecule has 0 saturated carbocycles. The summed E-state index contributed by atoms with van der Waals surface area (Å²) in [6.45, 7) is -0.166. The molecule has 1 N–H and O–H groups in total. The molecule has 3 aliphatic rings. The van der Waals surface area contributed by atoms with Gasteiger partial charge in [-0.1, -0.05) is 35.9 Å². The van der Waals surface area contributed by atoms with Crippen molar-refractivity contribution < 1.29 is 28.4 Å². The zero-order chi connectivity index (χ0) is 23.5. The van der Waals surface area contributed by atoms with Gasteiger partial charge in [0.1, 0.15) is 16.4 Å². The second-order valence-electron chi connectivity index (χ2n) is 7.97. The number of para-hydroxylation sites is 1. The molecule has 2 bridgehead atoms. The summed E-state index contributed by atoms with van der Waals surface area (Å²) < 4.78 is 20.3. The third-order valence-corrected chi connectivity index (χ3v) is 6.50. The summed E-state index contributed by atoms with van der Waals surface area (Å²) in [7, 11) is 0. The van der Waals surface area contributed by atoms with Crippen LogP contribution in [0.15, 0.2) is 54.6 Å². The van der Waals surface area contributed by atoms with Crippen molar-refractivity contribution in [2.45, 2.75) is 11.7 Å². The van der Waals surface area contributed by atoms with Crippen LogP contribution in [-0.4, -0.2) is 40.9 Å². The molecule has 2 fully saturated rings. The van der Waals surface area contributed by atoms with E-state index in [1.807, 2.05) is 0 Å². The molecular formula is C22H15ClFN3O6. The highest BCUT2D eigenvalue weighted by molar-refractivity contribution is 6.32. The van der Waals surface area contributed by atoms with Crippen LogP contribution in [0, 0.1) is 27.8 Å². The van der Waals surface area contributed by atoms with Crippen molar-refractivity contribution in [3.8, 4) is 0 Å². The number of nitro benzene ring substituents is 1. The Hall–Kier alpha value is -3.63. The number of carbonyl (C=O) groups is 3. The van der Waals surface area contributed by atoms with E-state index >= 15 is 0 Å². The van der Waals surface area contributed by atoms with Gasteiger partial charge in [-0.3, -0.25) is 24.5 Å². The molecule has 168 valence electrons. The number of imide groups is 1.